The summed E-state index contributed by atoms with van der Waals surface area (Å²) >= 11 is 0. The number of rotatable bonds is 8. The van der Waals surface area contributed by atoms with Crippen molar-refractivity contribution >= 4 is 28.5 Å². The van der Waals surface area contributed by atoms with Gasteiger partial charge in [-0.15, -0.1) is 0 Å². The quantitative estimate of drug-likeness (QED) is 0.361. The van der Waals surface area contributed by atoms with E-state index in [-0.39, 0.29) is 11.8 Å². The SMILES string of the molecule is CCCCN1C=CN(C)/C1=C(\O)N=C1C=CC(=c2ccc(=C3C=CC(=NC(=O)c4n(CCCC)cc[n+]4C)C=C3)cc2)C=C1. The molecule has 5 rings (SSSR count). The minimum Gasteiger partial charge on any atom is -0.491 e. The molecule has 0 saturated carbocycles. The van der Waals surface area contributed by atoms with E-state index in [0.29, 0.717) is 23.1 Å². The Bertz CT molecular complexity index is 1740. The van der Waals surface area contributed by atoms with Crippen LogP contribution in [0.2, 0.25) is 0 Å². The van der Waals surface area contributed by atoms with Crippen LogP contribution in [0.15, 0.2) is 119 Å². The molecule has 1 aromatic heterocycles. The van der Waals surface area contributed by atoms with Crippen LogP contribution in [0, 0.1) is 0 Å². The number of aryl methyl sites for hydroxylation is 2. The molecule has 0 radical (unpaired) electrons. The fourth-order valence-corrected chi connectivity index (χ4v) is 5.28. The number of aliphatic hydroxyl groups is 1. The molecule has 44 heavy (non-hydrogen) atoms. The minimum absolute atomic E-state index is 0.00414. The van der Waals surface area contributed by atoms with Gasteiger partial charge in [-0.3, -0.25) is 4.79 Å². The number of imidazole rings is 1. The predicted molar refractivity (Wildman–Crippen MR) is 177 cm³/mol. The second-order valence-corrected chi connectivity index (χ2v) is 11.1. The lowest BCUT2D eigenvalue weighted by atomic mass is 10.0. The summed E-state index contributed by atoms with van der Waals surface area (Å²) in [7, 11) is 3.79. The Labute approximate surface area is 259 Å². The van der Waals surface area contributed by atoms with Gasteiger partial charge in [-0.1, -0.05) is 75.3 Å². The van der Waals surface area contributed by atoms with Gasteiger partial charge in [0.1, 0.15) is 12.4 Å². The van der Waals surface area contributed by atoms with E-state index in [1.54, 1.807) is 0 Å². The first-order chi connectivity index (χ1) is 21.4. The summed E-state index contributed by atoms with van der Waals surface area (Å²) in [6.45, 7) is 5.94. The van der Waals surface area contributed by atoms with Crippen LogP contribution in [0.25, 0.3) is 11.1 Å². The average Bonchev–Trinajstić information content (AvgIpc) is 3.61. The van der Waals surface area contributed by atoms with Crippen LogP contribution in [0.1, 0.15) is 50.1 Å². The Morgan fingerprint density at radius 3 is 1.91 bits per heavy atom. The summed E-state index contributed by atoms with van der Waals surface area (Å²) in [5.41, 5.74) is 3.45. The second kappa shape index (κ2) is 14.0. The van der Waals surface area contributed by atoms with Crippen LogP contribution in [-0.4, -0.2) is 50.4 Å². The second-order valence-electron chi connectivity index (χ2n) is 11.1. The van der Waals surface area contributed by atoms with Crippen molar-refractivity contribution in [3.8, 4) is 0 Å². The molecule has 1 N–H and O–H groups in total. The molecular weight excluding hydrogens is 548 g/mol. The van der Waals surface area contributed by atoms with Gasteiger partial charge in [-0.25, -0.2) is 19.1 Å². The fourth-order valence-electron chi connectivity index (χ4n) is 5.28. The van der Waals surface area contributed by atoms with Crippen molar-refractivity contribution in [3.05, 3.63) is 126 Å². The lowest BCUT2D eigenvalue weighted by Gasteiger charge is -2.22. The standard InChI is InChI=1S/C36H40N6O2/c1-5-7-21-41-25-23-39(3)35(41)33(43)37-31-17-13-29(14-18-31)27-9-11-28(12-10-27)30-15-19-32(20-16-30)38-34(44)36-40(4)24-26-42(36)22-8-6-2/h9-20,23-26H,5-8,21-22H2,1-4H3/p+1/b29-27?,30-28?,35-33+,37-31?,38-32?. The number of amides is 1. The van der Waals surface area contributed by atoms with E-state index >= 15 is 0 Å². The van der Waals surface area contributed by atoms with E-state index in [9.17, 15) is 9.90 Å². The molecule has 1 aromatic carbocycles. The number of aliphatic imine (C=N–C) groups is 2. The van der Waals surface area contributed by atoms with Gasteiger partial charge in [0, 0.05) is 26.0 Å². The fraction of sp³-hybridized carbons (Fsp3) is 0.278. The summed E-state index contributed by atoms with van der Waals surface area (Å²) in [6.07, 6.45) is 27.6. The molecule has 0 spiro atoms. The number of hydrogen-bond acceptors (Lipinski definition) is 5. The van der Waals surface area contributed by atoms with E-state index in [2.05, 4.69) is 48.1 Å². The van der Waals surface area contributed by atoms with Crippen molar-refractivity contribution in [2.24, 2.45) is 17.0 Å². The number of unbranched alkanes of at least 4 members (excludes halogenated alkanes) is 2. The molecule has 3 aliphatic rings. The molecule has 8 heteroatoms. The first-order valence-corrected chi connectivity index (χ1v) is 15.3. The number of nitrogens with zero attached hydrogens (tertiary/aromatic N) is 6. The topological polar surface area (TPSA) is 77.3 Å². The number of benzene rings is 1. The Kier molecular flexibility index (Phi) is 9.69. The number of aromatic nitrogens is 2. The number of carbonyl (C=O) groups is 1. The highest BCUT2D eigenvalue weighted by Crippen LogP contribution is 2.22. The van der Waals surface area contributed by atoms with Crippen molar-refractivity contribution in [1.82, 2.24) is 14.4 Å². The van der Waals surface area contributed by atoms with Crippen molar-refractivity contribution in [2.45, 2.75) is 46.1 Å². The van der Waals surface area contributed by atoms with Crippen molar-refractivity contribution in [1.29, 1.82) is 0 Å². The van der Waals surface area contributed by atoms with E-state index in [4.69, 9.17) is 0 Å². The monoisotopic (exact) mass is 589 g/mol. The molecule has 8 nitrogen and oxygen atoms in total. The smallest absolute Gasteiger partial charge is 0.360 e. The highest BCUT2D eigenvalue weighted by molar-refractivity contribution is 6.14. The van der Waals surface area contributed by atoms with Crippen LogP contribution in [0.4, 0.5) is 0 Å². The number of carbonyl (C=O) groups excluding carboxylic acids is 1. The molecule has 1 amide bonds. The highest BCUT2D eigenvalue weighted by Gasteiger charge is 2.23. The lowest BCUT2D eigenvalue weighted by molar-refractivity contribution is -0.673. The van der Waals surface area contributed by atoms with E-state index in [0.717, 1.165) is 60.4 Å². The molecule has 0 unspecified atom stereocenters. The number of aliphatic hydroxyl groups excluding tert-OH is 1. The Balaban J connectivity index is 1.29. The Morgan fingerprint density at radius 2 is 1.34 bits per heavy atom. The summed E-state index contributed by atoms with van der Waals surface area (Å²) in [4.78, 5) is 25.7. The van der Waals surface area contributed by atoms with Crippen LogP contribution in [0.3, 0.4) is 0 Å². The normalized spacial score (nSPS) is 16.9. The molecule has 2 aliphatic carbocycles. The van der Waals surface area contributed by atoms with Gasteiger partial charge < -0.3 is 14.9 Å². The minimum atomic E-state index is -0.242. The van der Waals surface area contributed by atoms with Crippen LogP contribution < -0.4 is 15.0 Å². The third-order valence-electron chi connectivity index (χ3n) is 7.80. The van der Waals surface area contributed by atoms with E-state index in [1.807, 2.05) is 106 Å². The maximum atomic E-state index is 13.0. The van der Waals surface area contributed by atoms with Crippen LogP contribution >= 0.6 is 0 Å². The zero-order chi connectivity index (χ0) is 31.1. The summed E-state index contributed by atoms with van der Waals surface area (Å²) < 4.78 is 3.81. The van der Waals surface area contributed by atoms with E-state index in [1.165, 1.54) is 0 Å². The zero-order valence-corrected chi connectivity index (χ0v) is 26.0. The van der Waals surface area contributed by atoms with Gasteiger partial charge in [0.2, 0.25) is 0 Å². The summed E-state index contributed by atoms with van der Waals surface area (Å²) in [5.74, 6) is 1.04. The zero-order valence-electron chi connectivity index (χ0n) is 26.0. The third-order valence-corrected chi connectivity index (χ3v) is 7.80. The van der Waals surface area contributed by atoms with Gasteiger partial charge in [0.15, 0.2) is 5.82 Å². The molecule has 0 saturated heterocycles. The molecule has 226 valence electrons. The molecule has 1 aliphatic heterocycles. The average molecular weight is 590 g/mol. The van der Waals surface area contributed by atoms with Crippen molar-refractivity contribution in [2.75, 3.05) is 13.6 Å². The largest absolute Gasteiger partial charge is 0.491 e. The first-order valence-electron chi connectivity index (χ1n) is 15.3. The van der Waals surface area contributed by atoms with Gasteiger partial charge in [-0.2, -0.15) is 0 Å². The molecular formula is C36H41N6O2+. The van der Waals surface area contributed by atoms with Gasteiger partial charge in [0.25, 0.3) is 5.88 Å². The molecule has 2 aromatic rings. The molecule has 0 bridgehead atoms. The molecule has 0 atom stereocenters. The number of allylic oxidation sites excluding steroid dienone is 8. The number of hydrogen-bond donors (Lipinski definition) is 1. The Hall–Kier alpha value is -4.98. The Morgan fingerprint density at radius 1 is 0.795 bits per heavy atom. The van der Waals surface area contributed by atoms with Gasteiger partial charge in [0.05, 0.1) is 25.0 Å². The van der Waals surface area contributed by atoms with Gasteiger partial charge in [-0.05, 0) is 58.7 Å². The maximum Gasteiger partial charge on any atom is 0.360 e. The lowest BCUT2D eigenvalue weighted by Crippen LogP contribution is -2.35. The van der Waals surface area contributed by atoms with E-state index < -0.39 is 0 Å². The maximum absolute atomic E-state index is 13.0. The molecule has 2 heterocycles. The van der Waals surface area contributed by atoms with Crippen LogP contribution in [-0.2, 0) is 13.6 Å². The third kappa shape index (κ3) is 6.97. The highest BCUT2D eigenvalue weighted by atomic mass is 16.3. The van der Waals surface area contributed by atoms with Crippen LogP contribution in [0.5, 0.6) is 0 Å². The predicted octanol–water partition coefficient (Wildman–Crippen LogP) is 4.59. The van der Waals surface area contributed by atoms with Crippen molar-refractivity contribution < 1.29 is 14.5 Å². The first kappa shape index (κ1) is 30.5. The van der Waals surface area contributed by atoms with Gasteiger partial charge >= 0.3 is 11.7 Å². The summed E-state index contributed by atoms with van der Waals surface area (Å²) in [6, 6.07) is 8.38. The summed E-state index contributed by atoms with van der Waals surface area (Å²) in [5, 5.41) is 13.0. The molecule has 0 fully saturated rings. The van der Waals surface area contributed by atoms with Crippen molar-refractivity contribution in [3.63, 3.8) is 0 Å².